The Morgan fingerprint density at radius 2 is 1.86 bits per heavy atom. The Morgan fingerprint density at radius 1 is 1.10 bits per heavy atom. The van der Waals surface area contributed by atoms with Crippen LogP contribution in [0, 0.1) is 11.3 Å². The quantitative estimate of drug-likeness (QED) is 0.358. The number of aromatic nitrogens is 1. The Balaban J connectivity index is 1.32. The van der Waals surface area contributed by atoms with Crippen molar-refractivity contribution in [3.05, 3.63) is 48.7 Å². The minimum atomic E-state index is -3.87. The summed E-state index contributed by atoms with van der Waals surface area (Å²) in [6.07, 6.45) is 7.73. The van der Waals surface area contributed by atoms with Crippen LogP contribution >= 0.6 is 0 Å². The number of aryl methyl sites for hydroxylation is 1. The number of hydrogen-bond acceptors (Lipinski definition) is 9. The van der Waals surface area contributed by atoms with Gasteiger partial charge in [0.1, 0.15) is 30.3 Å². The van der Waals surface area contributed by atoms with E-state index in [-0.39, 0.29) is 31.4 Å². The second kappa shape index (κ2) is 14.8. The van der Waals surface area contributed by atoms with Gasteiger partial charge < -0.3 is 25.0 Å². The molecule has 1 aromatic heterocycles. The van der Waals surface area contributed by atoms with Crippen LogP contribution in [-0.4, -0.2) is 84.2 Å². The summed E-state index contributed by atoms with van der Waals surface area (Å²) in [7, 11) is -3.87. The van der Waals surface area contributed by atoms with Gasteiger partial charge in [0.05, 0.1) is 11.8 Å². The maximum atomic E-state index is 14.5. The Bertz CT molecular complexity index is 1790. The molecule has 14 heteroatoms. The summed E-state index contributed by atoms with van der Waals surface area (Å²) in [4.78, 5) is 61.0. The molecule has 1 saturated heterocycles. The molecule has 3 N–H and O–H groups in total. The number of nitrogens with one attached hydrogen (secondary N) is 3. The van der Waals surface area contributed by atoms with Gasteiger partial charge in [-0.25, -0.2) is 18.2 Å². The lowest BCUT2D eigenvalue weighted by atomic mass is 9.85. The highest BCUT2D eigenvalue weighted by Crippen LogP contribution is 2.35. The Labute approximate surface area is 299 Å². The third-order valence-electron chi connectivity index (χ3n) is 10.4. The van der Waals surface area contributed by atoms with Gasteiger partial charge in [-0.15, -0.1) is 6.58 Å². The summed E-state index contributed by atoms with van der Waals surface area (Å²) in [5, 5.41) is 6.63. The number of hydrogen-bond donors (Lipinski definition) is 3. The lowest BCUT2D eigenvalue weighted by Crippen LogP contribution is -2.59. The monoisotopic (exact) mass is 723 g/mol. The van der Waals surface area contributed by atoms with E-state index in [1.54, 1.807) is 6.20 Å². The molecule has 0 radical (unpaired) electrons. The minimum absolute atomic E-state index is 0.00291. The van der Waals surface area contributed by atoms with Crippen molar-refractivity contribution in [1.29, 1.82) is 0 Å². The van der Waals surface area contributed by atoms with E-state index in [0.29, 0.717) is 18.7 Å². The number of ether oxygens (including phenoxy) is 2. The van der Waals surface area contributed by atoms with Gasteiger partial charge in [0.25, 0.3) is 5.91 Å². The molecule has 3 heterocycles. The third-order valence-corrected chi connectivity index (χ3v) is 12.3. The van der Waals surface area contributed by atoms with Crippen LogP contribution in [0.15, 0.2) is 43.1 Å². The van der Waals surface area contributed by atoms with Gasteiger partial charge >= 0.3 is 6.09 Å². The van der Waals surface area contributed by atoms with Gasteiger partial charge in [0.15, 0.2) is 0 Å². The van der Waals surface area contributed by atoms with E-state index >= 15 is 0 Å². The van der Waals surface area contributed by atoms with Crippen molar-refractivity contribution in [2.45, 2.75) is 121 Å². The van der Waals surface area contributed by atoms with Crippen molar-refractivity contribution in [3.8, 4) is 5.88 Å². The predicted molar refractivity (Wildman–Crippen MR) is 190 cm³/mol. The number of nitrogens with zero attached hydrogens (tertiary/aromatic N) is 2. The van der Waals surface area contributed by atoms with E-state index in [0.717, 1.165) is 54.9 Å². The first-order chi connectivity index (χ1) is 24.2. The molecule has 4 bridgehead atoms. The zero-order valence-corrected chi connectivity index (χ0v) is 30.4. The van der Waals surface area contributed by atoms with Crippen molar-refractivity contribution >= 4 is 44.6 Å². The van der Waals surface area contributed by atoms with Gasteiger partial charge in [-0.2, -0.15) is 0 Å². The molecule has 0 spiro atoms. The van der Waals surface area contributed by atoms with E-state index in [1.807, 2.05) is 32.9 Å². The van der Waals surface area contributed by atoms with Crippen LogP contribution in [0.3, 0.4) is 0 Å². The number of rotatable bonds is 7. The first-order valence-electron chi connectivity index (χ1n) is 18.0. The molecule has 1 aromatic carbocycles. The minimum Gasteiger partial charge on any atom is -0.472 e. The van der Waals surface area contributed by atoms with Crippen molar-refractivity contribution in [2.75, 3.05) is 6.54 Å². The highest BCUT2D eigenvalue weighted by atomic mass is 32.2. The fourth-order valence-corrected chi connectivity index (χ4v) is 8.82. The average Bonchev–Trinajstić information content (AvgIpc) is 3.73. The molecule has 3 fully saturated rings. The fraction of sp³-hybridized carbons (Fsp3) is 0.595. The lowest BCUT2D eigenvalue weighted by molar-refractivity contribution is -0.142. The molecular formula is C37H49N5O8S. The van der Waals surface area contributed by atoms with Crippen LogP contribution in [0.2, 0.25) is 0 Å². The number of alkyl carbamates (subject to hydrolysis) is 1. The molecule has 4 aliphatic rings. The number of carbonyl (C=O) groups excluding carboxylic acids is 4. The first kappa shape index (κ1) is 36.6. The number of benzene rings is 1. The number of carbonyl (C=O) groups is 4. The second-order valence-electron chi connectivity index (χ2n) is 15.4. The maximum absolute atomic E-state index is 14.5. The molecule has 4 amide bonds. The summed E-state index contributed by atoms with van der Waals surface area (Å²) >= 11 is 0. The summed E-state index contributed by atoms with van der Waals surface area (Å²) in [6, 6.07) is 4.68. The summed E-state index contributed by atoms with van der Waals surface area (Å²) in [6.45, 7) is 9.13. The zero-order valence-electron chi connectivity index (χ0n) is 29.6. The van der Waals surface area contributed by atoms with Crippen molar-refractivity contribution in [1.82, 2.24) is 25.2 Å². The topological polar surface area (TPSA) is 173 Å². The predicted octanol–water partition coefficient (Wildman–Crippen LogP) is 3.90. The summed E-state index contributed by atoms with van der Waals surface area (Å²) in [5.41, 5.74) is 0.348. The van der Waals surface area contributed by atoms with Gasteiger partial charge in [0, 0.05) is 18.0 Å². The molecule has 6 rings (SSSR count). The number of amides is 4. The van der Waals surface area contributed by atoms with E-state index in [2.05, 4.69) is 39.1 Å². The van der Waals surface area contributed by atoms with Crippen LogP contribution < -0.4 is 20.1 Å². The van der Waals surface area contributed by atoms with E-state index in [4.69, 9.17) is 9.47 Å². The fourth-order valence-electron chi connectivity index (χ4n) is 7.47. The molecule has 2 aliphatic heterocycles. The third kappa shape index (κ3) is 8.48. The molecule has 2 aliphatic carbocycles. The normalized spacial score (nSPS) is 26.6. The van der Waals surface area contributed by atoms with Gasteiger partial charge in [-0.3, -0.25) is 19.1 Å². The zero-order chi connectivity index (χ0) is 36.5. The lowest BCUT2D eigenvalue weighted by Gasteiger charge is -2.35. The maximum Gasteiger partial charge on any atom is 0.408 e. The summed E-state index contributed by atoms with van der Waals surface area (Å²) < 4.78 is 39.6. The van der Waals surface area contributed by atoms with Gasteiger partial charge in [-0.1, -0.05) is 39.0 Å². The van der Waals surface area contributed by atoms with Crippen molar-refractivity contribution < 1.29 is 37.1 Å². The second-order valence-corrected chi connectivity index (χ2v) is 17.4. The Kier molecular flexibility index (Phi) is 10.6. The standard InChI is InChI=1S/C37H49N5O8S/c1-5-8-28(32(43)41-51(47,48)26-15-16-26)39-33(44)29-20-25-21-42(29)35(45)31(37(2,3)4)40-36(46)50-30-12-7-11-24(30)10-6-9-22-13-14-23-17-18-38-34(49-25)27(23)19-22/h5,13-14,17-19,24-26,28-31H,1,6-12,15-16,20-21H2,2-4H3,(H,39,44)(H,40,46)(H,41,43)/t24-,25-,28?,29+,30-,31-/m1/s1. The van der Waals surface area contributed by atoms with Gasteiger partial charge in [-0.05, 0) is 92.2 Å². The van der Waals surface area contributed by atoms with Crippen LogP contribution in [0.25, 0.3) is 10.8 Å². The number of fused-ring (bicyclic) bond motifs is 4. The molecular weight excluding hydrogens is 675 g/mol. The molecule has 2 saturated carbocycles. The molecule has 2 aromatic rings. The molecule has 13 nitrogen and oxygen atoms in total. The summed E-state index contributed by atoms with van der Waals surface area (Å²) in [5.74, 6) is -1.46. The highest BCUT2D eigenvalue weighted by Gasteiger charge is 2.47. The number of sulfonamides is 1. The van der Waals surface area contributed by atoms with Crippen molar-refractivity contribution in [2.24, 2.45) is 11.3 Å². The highest BCUT2D eigenvalue weighted by molar-refractivity contribution is 7.90. The van der Waals surface area contributed by atoms with Crippen LogP contribution in [-0.2, 0) is 35.6 Å². The Morgan fingerprint density at radius 3 is 2.59 bits per heavy atom. The first-order valence-corrected chi connectivity index (χ1v) is 19.6. The largest absolute Gasteiger partial charge is 0.472 e. The molecule has 1 unspecified atom stereocenters. The van der Waals surface area contributed by atoms with Crippen LogP contribution in [0.5, 0.6) is 5.88 Å². The smallest absolute Gasteiger partial charge is 0.408 e. The van der Waals surface area contributed by atoms with E-state index in [1.165, 1.54) is 11.0 Å². The average molecular weight is 724 g/mol. The van der Waals surface area contributed by atoms with Gasteiger partial charge in [0.2, 0.25) is 27.7 Å². The molecule has 276 valence electrons. The SMILES string of the molecule is C=CCC(NC(=O)[C@@H]1C[C@@H]2CN1C(=O)[C@H](C(C)(C)C)NC(=O)O[C@@H]1CCC[C@H]1CCCc1ccc3ccnc(c3c1)O2)C(=O)NS(=O)(=O)C1CC1. The number of pyridine rings is 1. The molecule has 6 atom stereocenters. The van der Waals surface area contributed by atoms with Crippen LogP contribution in [0.4, 0.5) is 4.79 Å². The van der Waals surface area contributed by atoms with E-state index in [9.17, 15) is 27.6 Å². The molecule has 51 heavy (non-hydrogen) atoms. The Hall–Kier alpha value is -4.20. The van der Waals surface area contributed by atoms with Crippen molar-refractivity contribution in [3.63, 3.8) is 0 Å². The van der Waals surface area contributed by atoms with E-state index < -0.39 is 68.7 Å². The van der Waals surface area contributed by atoms with Crippen LogP contribution in [0.1, 0.15) is 84.1 Å².